The van der Waals surface area contributed by atoms with Crippen molar-refractivity contribution in [3.63, 3.8) is 0 Å². The van der Waals surface area contributed by atoms with Crippen molar-refractivity contribution in [2.24, 2.45) is 0 Å². The third-order valence-corrected chi connectivity index (χ3v) is 3.68. The Morgan fingerprint density at radius 3 is 2.76 bits per heavy atom. The van der Waals surface area contributed by atoms with Gasteiger partial charge in [-0.15, -0.1) is 0 Å². The van der Waals surface area contributed by atoms with Gasteiger partial charge in [-0.3, -0.25) is 0 Å². The summed E-state index contributed by atoms with van der Waals surface area (Å²) in [6.07, 6.45) is 4.03. The number of aryl methyl sites for hydroxylation is 2. The SMILES string of the molecule is CCNC1CCCC1Oc1ccc(C)c(C)c1. The second kappa shape index (κ2) is 5.54. The summed E-state index contributed by atoms with van der Waals surface area (Å²) in [6.45, 7) is 7.46. The molecule has 0 radical (unpaired) electrons. The summed E-state index contributed by atoms with van der Waals surface area (Å²) >= 11 is 0. The lowest BCUT2D eigenvalue weighted by Crippen LogP contribution is -2.38. The van der Waals surface area contributed by atoms with E-state index in [1.807, 2.05) is 0 Å². The summed E-state index contributed by atoms with van der Waals surface area (Å²) in [5.41, 5.74) is 2.63. The minimum atomic E-state index is 0.344. The molecule has 1 aromatic carbocycles. The van der Waals surface area contributed by atoms with Crippen LogP contribution in [0.1, 0.15) is 37.3 Å². The van der Waals surface area contributed by atoms with Crippen LogP contribution in [-0.4, -0.2) is 18.7 Å². The first kappa shape index (κ1) is 12.4. The van der Waals surface area contributed by atoms with Crippen molar-refractivity contribution in [2.45, 2.75) is 52.2 Å². The summed E-state index contributed by atoms with van der Waals surface area (Å²) in [7, 11) is 0. The van der Waals surface area contributed by atoms with Gasteiger partial charge < -0.3 is 10.1 Å². The minimum Gasteiger partial charge on any atom is -0.489 e. The Bertz CT molecular complexity index is 375. The van der Waals surface area contributed by atoms with Crippen molar-refractivity contribution in [1.29, 1.82) is 0 Å². The fourth-order valence-corrected chi connectivity index (χ4v) is 2.52. The topological polar surface area (TPSA) is 21.3 Å². The molecule has 0 bridgehead atoms. The molecule has 1 saturated carbocycles. The lowest BCUT2D eigenvalue weighted by Gasteiger charge is -2.22. The van der Waals surface area contributed by atoms with Crippen LogP contribution in [0, 0.1) is 13.8 Å². The molecule has 2 heteroatoms. The second-order valence-electron chi connectivity index (χ2n) is 5.00. The number of ether oxygens (including phenoxy) is 1. The van der Waals surface area contributed by atoms with E-state index in [0.717, 1.165) is 12.3 Å². The molecule has 1 fully saturated rings. The van der Waals surface area contributed by atoms with Crippen LogP contribution >= 0.6 is 0 Å². The van der Waals surface area contributed by atoms with E-state index in [4.69, 9.17) is 4.74 Å². The van der Waals surface area contributed by atoms with Crippen molar-refractivity contribution in [3.05, 3.63) is 29.3 Å². The molecule has 94 valence electrons. The van der Waals surface area contributed by atoms with Crippen molar-refractivity contribution in [3.8, 4) is 5.75 Å². The van der Waals surface area contributed by atoms with E-state index >= 15 is 0 Å². The molecule has 1 aromatic rings. The molecule has 17 heavy (non-hydrogen) atoms. The van der Waals surface area contributed by atoms with Gasteiger partial charge in [-0.25, -0.2) is 0 Å². The summed E-state index contributed by atoms with van der Waals surface area (Å²) in [5.74, 6) is 1.02. The van der Waals surface area contributed by atoms with E-state index in [-0.39, 0.29) is 0 Å². The molecular formula is C15H23NO. The van der Waals surface area contributed by atoms with E-state index in [9.17, 15) is 0 Å². The number of hydrogen-bond acceptors (Lipinski definition) is 2. The highest BCUT2D eigenvalue weighted by atomic mass is 16.5. The molecule has 0 amide bonds. The largest absolute Gasteiger partial charge is 0.489 e. The summed E-state index contributed by atoms with van der Waals surface area (Å²) in [5, 5.41) is 3.52. The number of hydrogen-bond donors (Lipinski definition) is 1. The molecule has 0 heterocycles. The maximum Gasteiger partial charge on any atom is 0.120 e. The highest BCUT2D eigenvalue weighted by Gasteiger charge is 2.28. The van der Waals surface area contributed by atoms with Crippen LogP contribution in [0.2, 0.25) is 0 Å². The maximum absolute atomic E-state index is 6.11. The Labute approximate surface area is 104 Å². The molecule has 1 aliphatic carbocycles. The van der Waals surface area contributed by atoms with E-state index in [1.54, 1.807) is 0 Å². The fourth-order valence-electron chi connectivity index (χ4n) is 2.52. The van der Waals surface area contributed by atoms with E-state index in [1.165, 1.54) is 30.4 Å². The number of likely N-dealkylation sites (N-methyl/N-ethyl adjacent to an activating group) is 1. The third-order valence-electron chi connectivity index (χ3n) is 3.68. The molecule has 2 nitrogen and oxygen atoms in total. The van der Waals surface area contributed by atoms with Crippen molar-refractivity contribution in [1.82, 2.24) is 5.32 Å². The van der Waals surface area contributed by atoms with E-state index in [0.29, 0.717) is 12.1 Å². The smallest absolute Gasteiger partial charge is 0.120 e. The van der Waals surface area contributed by atoms with E-state index < -0.39 is 0 Å². The monoisotopic (exact) mass is 233 g/mol. The predicted octanol–water partition coefficient (Wildman–Crippen LogP) is 3.21. The third kappa shape index (κ3) is 3.01. The quantitative estimate of drug-likeness (QED) is 0.862. The van der Waals surface area contributed by atoms with Gasteiger partial charge in [-0.1, -0.05) is 13.0 Å². The molecule has 1 N–H and O–H groups in total. The Morgan fingerprint density at radius 2 is 2.06 bits per heavy atom. The highest BCUT2D eigenvalue weighted by Crippen LogP contribution is 2.26. The summed E-state index contributed by atoms with van der Waals surface area (Å²) in [4.78, 5) is 0. The molecule has 2 rings (SSSR count). The van der Waals surface area contributed by atoms with Crippen molar-refractivity contribution < 1.29 is 4.74 Å². The molecule has 2 unspecified atom stereocenters. The van der Waals surface area contributed by atoms with Gasteiger partial charge in [-0.05, 0) is 62.9 Å². The average molecular weight is 233 g/mol. The minimum absolute atomic E-state index is 0.344. The summed E-state index contributed by atoms with van der Waals surface area (Å²) < 4.78 is 6.11. The normalized spacial score (nSPS) is 23.9. The molecule has 0 aliphatic heterocycles. The van der Waals surface area contributed by atoms with Crippen LogP contribution < -0.4 is 10.1 Å². The lowest BCUT2D eigenvalue weighted by atomic mass is 10.1. The van der Waals surface area contributed by atoms with Crippen LogP contribution in [0.25, 0.3) is 0 Å². The summed E-state index contributed by atoms with van der Waals surface area (Å²) in [6, 6.07) is 6.91. The first-order chi connectivity index (χ1) is 8.20. The fraction of sp³-hybridized carbons (Fsp3) is 0.600. The second-order valence-corrected chi connectivity index (χ2v) is 5.00. The Morgan fingerprint density at radius 1 is 1.24 bits per heavy atom. The lowest BCUT2D eigenvalue weighted by molar-refractivity contribution is 0.175. The first-order valence-corrected chi connectivity index (χ1v) is 6.68. The molecule has 2 atom stereocenters. The molecule has 1 aliphatic rings. The standard InChI is InChI=1S/C15H23NO/c1-4-16-14-6-5-7-15(14)17-13-9-8-11(2)12(3)10-13/h8-10,14-16H,4-7H2,1-3H3. The van der Waals surface area contributed by atoms with Crippen LogP contribution in [-0.2, 0) is 0 Å². The van der Waals surface area contributed by atoms with Crippen molar-refractivity contribution in [2.75, 3.05) is 6.54 Å². The van der Waals surface area contributed by atoms with E-state index in [2.05, 4.69) is 44.3 Å². The Kier molecular flexibility index (Phi) is 4.06. The molecular weight excluding hydrogens is 210 g/mol. The Hall–Kier alpha value is -1.02. The van der Waals surface area contributed by atoms with Gasteiger partial charge in [-0.2, -0.15) is 0 Å². The molecule has 0 spiro atoms. The van der Waals surface area contributed by atoms with Crippen LogP contribution in [0.15, 0.2) is 18.2 Å². The van der Waals surface area contributed by atoms with Crippen LogP contribution in [0.3, 0.4) is 0 Å². The van der Waals surface area contributed by atoms with Crippen LogP contribution in [0.5, 0.6) is 5.75 Å². The zero-order valence-electron chi connectivity index (χ0n) is 11.1. The number of rotatable bonds is 4. The number of nitrogens with one attached hydrogen (secondary N) is 1. The predicted molar refractivity (Wildman–Crippen MR) is 71.6 cm³/mol. The van der Waals surface area contributed by atoms with Gasteiger partial charge in [0.2, 0.25) is 0 Å². The first-order valence-electron chi connectivity index (χ1n) is 6.68. The average Bonchev–Trinajstić information content (AvgIpc) is 2.72. The van der Waals surface area contributed by atoms with Gasteiger partial charge >= 0.3 is 0 Å². The number of benzene rings is 1. The molecule has 0 aromatic heterocycles. The zero-order chi connectivity index (χ0) is 12.3. The van der Waals surface area contributed by atoms with Crippen molar-refractivity contribution >= 4 is 0 Å². The maximum atomic E-state index is 6.11. The van der Waals surface area contributed by atoms with Gasteiger partial charge in [0.25, 0.3) is 0 Å². The van der Waals surface area contributed by atoms with Gasteiger partial charge in [0.05, 0.1) is 0 Å². The zero-order valence-corrected chi connectivity index (χ0v) is 11.1. The van der Waals surface area contributed by atoms with Gasteiger partial charge in [0.15, 0.2) is 0 Å². The Balaban J connectivity index is 2.02. The van der Waals surface area contributed by atoms with Gasteiger partial charge in [0, 0.05) is 6.04 Å². The molecule has 0 saturated heterocycles. The highest BCUT2D eigenvalue weighted by molar-refractivity contribution is 5.34. The van der Waals surface area contributed by atoms with Gasteiger partial charge in [0.1, 0.15) is 11.9 Å². The van der Waals surface area contributed by atoms with Crippen LogP contribution in [0.4, 0.5) is 0 Å².